The van der Waals surface area contributed by atoms with Crippen molar-refractivity contribution in [2.45, 2.75) is 4.90 Å². The van der Waals surface area contributed by atoms with E-state index in [1.165, 1.54) is 18.2 Å². The van der Waals surface area contributed by atoms with Gasteiger partial charge in [0.1, 0.15) is 16.5 Å². The number of rotatable bonds is 3. The Kier molecular flexibility index (Phi) is 3.73. The minimum Gasteiger partial charge on any atom is -0.277 e. The molecular weight excluding hydrogens is 296 g/mol. The van der Waals surface area contributed by atoms with Gasteiger partial charge in [-0.25, -0.2) is 17.2 Å². The molecule has 0 aliphatic rings. The highest BCUT2D eigenvalue weighted by atomic mass is 35.5. The second-order valence-corrected chi connectivity index (χ2v) is 5.72. The first-order valence-corrected chi connectivity index (χ1v) is 6.99. The molecule has 0 spiro atoms. The smallest absolute Gasteiger partial charge is 0.263 e. The van der Waals surface area contributed by atoms with Crippen molar-refractivity contribution in [3.63, 3.8) is 0 Å². The van der Waals surface area contributed by atoms with Gasteiger partial charge < -0.3 is 0 Å². The van der Waals surface area contributed by atoms with Gasteiger partial charge in [0.25, 0.3) is 10.0 Å². The Labute approximate surface area is 113 Å². The van der Waals surface area contributed by atoms with Crippen molar-refractivity contribution >= 4 is 27.3 Å². The second kappa shape index (κ2) is 5.14. The van der Waals surface area contributed by atoms with Crippen molar-refractivity contribution in [1.82, 2.24) is 0 Å². The van der Waals surface area contributed by atoms with Gasteiger partial charge in [0.15, 0.2) is 0 Å². The van der Waals surface area contributed by atoms with E-state index in [0.29, 0.717) is 0 Å². The zero-order valence-corrected chi connectivity index (χ0v) is 11.0. The standard InChI is InChI=1S/C12H8ClF2NO2S/c13-9-3-1-2-4-12(9)19(17,18)16-11-7-8(14)5-6-10(11)15/h1-7,16H. The van der Waals surface area contributed by atoms with E-state index < -0.39 is 27.3 Å². The largest absolute Gasteiger partial charge is 0.277 e. The molecule has 0 amide bonds. The summed E-state index contributed by atoms with van der Waals surface area (Å²) in [4.78, 5) is -0.208. The molecular formula is C12H8ClF2NO2S. The number of benzene rings is 2. The Bertz CT molecular complexity index is 719. The van der Waals surface area contributed by atoms with Crippen molar-refractivity contribution < 1.29 is 17.2 Å². The molecule has 0 unspecified atom stereocenters. The fourth-order valence-electron chi connectivity index (χ4n) is 1.44. The Balaban J connectivity index is 2.43. The van der Waals surface area contributed by atoms with Crippen molar-refractivity contribution in [1.29, 1.82) is 0 Å². The van der Waals surface area contributed by atoms with Crippen LogP contribution in [0.1, 0.15) is 0 Å². The minimum atomic E-state index is -4.07. The molecule has 0 saturated carbocycles. The van der Waals surface area contributed by atoms with Crippen LogP contribution in [-0.4, -0.2) is 8.42 Å². The molecule has 7 heteroatoms. The molecule has 0 atom stereocenters. The lowest BCUT2D eigenvalue weighted by atomic mass is 10.3. The second-order valence-electron chi connectivity index (χ2n) is 3.66. The third-order valence-corrected chi connectivity index (χ3v) is 4.16. The molecule has 0 bridgehead atoms. The fourth-order valence-corrected chi connectivity index (χ4v) is 3.02. The SMILES string of the molecule is O=S(=O)(Nc1cc(F)ccc1F)c1ccccc1Cl. The fraction of sp³-hybridized carbons (Fsp3) is 0. The Morgan fingerprint density at radius 3 is 2.42 bits per heavy atom. The number of nitrogens with one attached hydrogen (secondary N) is 1. The maximum Gasteiger partial charge on any atom is 0.263 e. The summed E-state index contributed by atoms with van der Waals surface area (Å²) in [6, 6.07) is 8.17. The minimum absolute atomic E-state index is 0.00758. The molecule has 0 aliphatic heterocycles. The third-order valence-electron chi connectivity index (χ3n) is 2.30. The Hall–Kier alpha value is -1.66. The van der Waals surface area contributed by atoms with Crippen molar-refractivity contribution in [2.24, 2.45) is 0 Å². The first kappa shape index (κ1) is 13.8. The summed E-state index contributed by atoms with van der Waals surface area (Å²) in [7, 11) is -4.07. The number of hydrogen-bond donors (Lipinski definition) is 1. The van der Waals surface area contributed by atoms with Crippen LogP contribution in [0.2, 0.25) is 5.02 Å². The van der Waals surface area contributed by atoms with Gasteiger partial charge in [0.2, 0.25) is 0 Å². The van der Waals surface area contributed by atoms with Crippen LogP contribution < -0.4 is 4.72 Å². The van der Waals surface area contributed by atoms with E-state index in [0.717, 1.165) is 18.2 Å². The van der Waals surface area contributed by atoms with Crippen LogP contribution in [0.3, 0.4) is 0 Å². The summed E-state index contributed by atoms with van der Waals surface area (Å²) in [6.07, 6.45) is 0. The zero-order valence-electron chi connectivity index (χ0n) is 9.40. The molecule has 0 aliphatic carbocycles. The van der Waals surface area contributed by atoms with Crippen molar-refractivity contribution in [3.8, 4) is 0 Å². The predicted molar refractivity (Wildman–Crippen MR) is 68.6 cm³/mol. The lowest BCUT2D eigenvalue weighted by molar-refractivity contribution is 0.594. The first-order valence-electron chi connectivity index (χ1n) is 5.12. The molecule has 19 heavy (non-hydrogen) atoms. The highest BCUT2D eigenvalue weighted by Gasteiger charge is 2.19. The average Bonchev–Trinajstić information content (AvgIpc) is 2.34. The lowest BCUT2D eigenvalue weighted by Crippen LogP contribution is -2.14. The number of sulfonamides is 1. The molecule has 2 aromatic rings. The quantitative estimate of drug-likeness (QED) is 0.944. The summed E-state index contributed by atoms with van der Waals surface area (Å²) in [6.45, 7) is 0. The summed E-state index contributed by atoms with van der Waals surface area (Å²) < 4.78 is 52.3. The predicted octanol–water partition coefficient (Wildman–Crippen LogP) is 3.42. The van der Waals surface area contributed by atoms with Gasteiger partial charge in [-0.05, 0) is 24.3 Å². The molecule has 100 valence electrons. The van der Waals surface area contributed by atoms with Gasteiger partial charge >= 0.3 is 0 Å². The van der Waals surface area contributed by atoms with Crippen LogP contribution in [0.5, 0.6) is 0 Å². The van der Waals surface area contributed by atoms with Crippen LogP contribution in [0.15, 0.2) is 47.4 Å². The summed E-state index contributed by atoms with van der Waals surface area (Å²) in [5, 5.41) is -0.00758. The van der Waals surface area contributed by atoms with Gasteiger partial charge in [-0.1, -0.05) is 23.7 Å². The van der Waals surface area contributed by atoms with Crippen LogP contribution in [-0.2, 0) is 10.0 Å². The topological polar surface area (TPSA) is 46.2 Å². The molecule has 2 aromatic carbocycles. The maximum atomic E-state index is 13.4. The monoisotopic (exact) mass is 303 g/mol. The number of anilines is 1. The summed E-state index contributed by atoms with van der Waals surface area (Å²) in [5.74, 6) is -1.63. The maximum absolute atomic E-state index is 13.4. The normalized spacial score (nSPS) is 11.3. The number of hydrogen-bond acceptors (Lipinski definition) is 2. The van der Waals surface area contributed by atoms with Gasteiger partial charge in [0.05, 0.1) is 10.7 Å². The molecule has 1 N–H and O–H groups in total. The van der Waals surface area contributed by atoms with Crippen LogP contribution >= 0.6 is 11.6 Å². The van der Waals surface area contributed by atoms with Crippen LogP contribution in [0, 0.1) is 11.6 Å². The van der Waals surface area contributed by atoms with Gasteiger partial charge in [-0.15, -0.1) is 0 Å². The van der Waals surface area contributed by atoms with E-state index in [2.05, 4.69) is 0 Å². The van der Waals surface area contributed by atoms with E-state index in [1.807, 2.05) is 4.72 Å². The van der Waals surface area contributed by atoms with Crippen LogP contribution in [0.25, 0.3) is 0 Å². The van der Waals surface area contributed by atoms with E-state index in [4.69, 9.17) is 11.6 Å². The molecule has 2 rings (SSSR count). The zero-order chi connectivity index (χ0) is 14.0. The van der Waals surface area contributed by atoms with E-state index in [-0.39, 0.29) is 9.92 Å². The van der Waals surface area contributed by atoms with Crippen molar-refractivity contribution in [2.75, 3.05) is 4.72 Å². The molecule has 0 aromatic heterocycles. The number of halogens is 3. The van der Waals surface area contributed by atoms with Gasteiger partial charge in [0, 0.05) is 6.07 Å². The first-order chi connectivity index (χ1) is 8.90. The van der Waals surface area contributed by atoms with Gasteiger partial charge in [-0.3, -0.25) is 4.72 Å². The summed E-state index contributed by atoms with van der Waals surface area (Å²) >= 11 is 5.76. The molecule has 0 radical (unpaired) electrons. The Morgan fingerprint density at radius 2 is 1.74 bits per heavy atom. The molecule has 0 heterocycles. The summed E-state index contributed by atoms with van der Waals surface area (Å²) in [5.41, 5.74) is -0.472. The highest BCUT2D eigenvalue weighted by Crippen LogP contribution is 2.24. The lowest BCUT2D eigenvalue weighted by Gasteiger charge is -2.10. The van der Waals surface area contributed by atoms with E-state index in [1.54, 1.807) is 6.07 Å². The molecule has 0 fully saturated rings. The van der Waals surface area contributed by atoms with E-state index in [9.17, 15) is 17.2 Å². The van der Waals surface area contributed by atoms with E-state index >= 15 is 0 Å². The van der Waals surface area contributed by atoms with Gasteiger partial charge in [-0.2, -0.15) is 0 Å². The molecule has 0 saturated heterocycles. The highest BCUT2D eigenvalue weighted by molar-refractivity contribution is 7.92. The Morgan fingerprint density at radius 1 is 1.05 bits per heavy atom. The van der Waals surface area contributed by atoms with Crippen LogP contribution in [0.4, 0.5) is 14.5 Å². The third kappa shape index (κ3) is 3.02. The molecule has 3 nitrogen and oxygen atoms in total. The van der Waals surface area contributed by atoms with Crippen molar-refractivity contribution in [3.05, 3.63) is 59.1 Å². The average molecular weight is 304 g/mol.